The van der Waals surface area contributed by atoms with E-state index in [0.717, 1.165) is 32.7 Å². The number of amides is 2. The number of carbonyl (C=O) groups excluding carboxylic acids is 1. The summed E-state index contributed by atoms with van der Waals surface area (Å²) in [6.07, 6.45) is 3.78. The molecule has 1 aliphatic carbocycles. The van der Waals surface area contributed by atoms with E-state index in [1.165, 1.54) is 24.8 Å². The van der Waals surface area contributed by atoms with Crippen molar-refractivity contribution in [2.75, 3.05) is 32.7 Å². The summed E-state index contributed by atoms with van der Waals surface area (Å²) in [5.74, 6) is 0.545. The summed E-state index contributed by atoms with van der Waals surface area (Å²) in [4.78, 5) is 13.9. The number of nitrogens with zero attached hydrogens (tertiary/aromatic N) is 1. The van der Waals surface area contributed by atoms with E-state index in [4.69, 9.17) is 0 Å². The molecule has 0 aromatic rings. The van der Waals surface area contributed by atoms with Crippen molar-refractivity contribution in [1.82, 2.24) is 15.5 Å². The van der Waals surface area contributed by atoms with Crippen LogP contribution in [-0.4, -0.2) is 43.7 Å². The second-order valence-electron chi connectivity index (χ2n) is 5.53. The van der Waals surface area contributed by atoms with Crippen molar-refractivity contribution in [2.45, 2.75) is 33.1 Å². The summed E-state index contributed by atoms with van der Waals surface area (Å²) >= 11 is 0. The summed E-state index contributed by atoms with van der Waals surface area (Å²) in [5.41, 5.74) is 3.02. The molecule has 0 bridgehead atoms. The summed E-state index contributed by atoms with van der Waals surface area (Å²) in [7, 11) is 0. The molecule has 0 aromatic carbocycles. The van der Waals surface area contributed by atoms with E-state index in [-0.39, 0.29) is 6.03 Å². The molecule has 2 rings (SSSR count). The third-order valence-corrected chi connectivity index (χ3v) is 3.94. The van der Waals surface area contributed by atoms with Crippen LogP contribution in [0.3, 0.4) is 0 Å². The number of rotatable bonds is 3. The van der Waals surface area contributed by atoms with Crippen molar-refractivity contribution >= 4 is 6.03 Å². The second-order valence-corrected chi connectivity index (χ2v) is 5.53. The maximum atomic E-state index is 12.0. The zero-order valence-corrected chi connectivity index (χ0v) is 11.6. The van der Waals surface area contributed by atoms with E-state index >= 15 is 0 Å². The summed E-state index contributed by atoms with van der Waals surface area (Å²) < 4.78 is 0. The minimum Gasteiger partial charge on any atom is -0.334 e. The SMILES string of the molecule is CC(C)C(CNC(=O)N1CCNCC1)=C1CCC1. The lowest BCUT2D eigenvalue weighted by molar-refractivity contribution is 0.191. The van der Waals surface area contributed by atoms with E-state index in [0.29, 0.717) is 5.92 Å². The van der Waals surface area contributed by atoms with E-state index in [1.807, 2.05) is 4.90 Å². The lowest BCUT2D eigenvalue weighted by Gasteiger charge is -2.29. The monoisotopic (exact) mass is 251 g/mol. The zero-order chi connectivity index (χ0) is 13.0. The van der Waals surface area contributed by atoms with Crippen LogP contribution in [0.5, 0.6) is 0 Å². The molecule has 2 fully saturated rings. The molecule has 0 radical (unpaired) electrons. The summed E-state index contributed by atoms with van der Waals surface area (Å²) in [5, 5.41) is 6.34. The first-order chi connectivity index (χ1) is 8.68. The fourth-order valence-electron chi connectivity index (χ4n) is 2.56. The number of piperazine rings is 1. The van der Waals surface area contributed by atoms with Gasteiger partial charge < -0.3 is 15.5 Å². The molecule has 1 saturated heterocycles. The van der Waals surface area contributed by atoms with Crippen LogP contribution in [0.1, 0.15) is 33.1 Å². The zero-order valence-electron chi connectivity index (χ0n) is 11.6. The second kappa shape index (κ2) is 6.23. The van der Waals surface area contributed by atoms with Crippen LogP contribution in [-0.2, 0) is 0 Å². The van der Waals surface area contributed by atoms with Gasteiger partial charge in [0.15, 0.2) is 0 Å². The number of nitrogens with one attached hydrogen (secondary N) is 2. The van der Waals surface area contributed by atoms with Crippen LogP contribution in [0.15, 0.2) is 11.1 Å². The van der Waals surface area contributed by atoms with Gasteiger partial charge in [-0.2, -0.15) is 0 Å². The van der Waals surface area contributed by atoms with Gasteiger partial charge >= 0.3 is 6.03 Å². The highest BCUT2D eigenvalue weighted by molar-refractivity contribution is 5.74. The van der Waals surface area contributed by atoms with Crippen molar-refractivity contribution < 1.29 is 4.79 Å². The number of urea groups is 1. The van der Waals surface area contributed by atoms with Crippen molar-refractivity contribution in [3.63, 3.8) is 0 Å². The molecule has 0 aromatic heterocycles. The van der Waals surface area contributed by atoms with Crippen LogP contribution in [0, 0.1) is 5.92 Å². The third kappa shape index (κ3) is 3.25. The third-order valence-electron chi connectivity index (χ3n) is 3.94. The molecule has 2 aliphatic rings. The molecule has 0 unspecified atom stereocenters. The Bertz CT molecular complexity index is 324. The van der Waals surface area contributed by atoms with E-state index in [2.05, 4.69) is 24.5 Å². The van der Waals surface area contributed by atoms with Gasteiger partial charge in [0.05, 0.1) is 0 Å². The van der Waals surface area contributed by atoms with Crippen molar-refractivity contribution in [2.24, 2.45) is 5.92 Å². The van der Waals surface area contributed by atoms with Crippen LogP contribution < -0.4 is 10.6 Å². The first-order valence-electron chi connectivity index (χ1n) is 7.12. The molecule has 1 saturated carbocycles. The van der Waals surface area contributed by atoms with Crippen LogP contribution in [0.25, 0.3) is 0 Å². The van der Waals surface area contributed by atoms with Crippen molar-refractivity contribution in [3.8, 4) is 0 Å². The van der Waals surface area contributed by atoms with Gasteiger partial charge in [-0.3, -0.25) is 0 Å². The molecular weight excluding hydrogens is 226 g/mol. The average Bonchev–Trinajstić information content (AvgIpc) is 2.32. The molecule has 2 amide bonds. The maximum Gasteiger partial charge on any atom is 0.317 e. The Morgan fingerprint density at radius 1 is 1.33 bits per heavy atom. The van der Waals surface area contributed by atoms with Gasteiger partial charge in [-0.05, 0) is 30.8 Å². The van der Waals surface area contributed by atoms with Gasteiger partial charge in [0.25, 0.3) is 0 Å². The van der Waals surface area contributed by atoms with Gasteiger partial charge in [-0.1, -0.05) is 19.4 Å². The van der Waals surface area contributed by atoms with Gasteiger partial charge in [-0.15, -0.1) is 0 Å². The Balaban J connectivity index is 1.83. The molecule has 2 N–H and O–H groups in total. The largest absolute Gasteiger partial charge is 0.334 e. The standard InChI is InChI=1S/C14H25N3O/c1-11(2)13(12-4-3-5-12)10-16-14(18)17-8-6-15-7-9-17/h11,15H,3-10H2,1-2H3,(H,16,18). The van der Waals surface area contributed by atoms with Gasteiger partial charge in [0.2, 0.25) is 0 Å². The Hall–Kier alpha value is -1.03. The van der Waals surface area contributed by atoms with Gasteiger partial charge in [0.1, 0.15) is 0 Å². The van der Waals surface area contributed by atoms with E-state index in [9.17, 15) is 4.79 Å². The lowest BCUT2D eigenvalue weighted by atomic mass is 9.84. The normalized spacial score (nSPS) is 19.7. The molecule has 102 valence electrons. The van der Waals surface area contributed by atoms with Gasteiger partial charge in [-0.25, -0.2) is 4.79 Å². The van der Waals surface area contributed by atoms with Crippen LogP contribution in [0.4, 0.5) is 4.79 Å². The number of allylic oxidation sites excluding steroid dienone is 1. The highest BCUT2D eigenvalue weighted by Crippen LogP contribution is 2.31. The van der Waals surface area contributed by atoms with Crippen LogP contribution >= 0.6 is 0 Å². The molecule has 0 spiro atoms. The Labute approximate surface area is 110 Å². The van der Waals surface area contributed by atoms with Gasteiger partial charge in [0, 0.05) is 32.7 Å². The molecule has 4 heteroatoms. The average molecular weight is 251 g/mol. The number of hydrogen-bond donors (Lipinski definition) is 2. The summed E-state index contributed by atoms with van der Waals surface area (Å²) in [6, 6.07) is 0.0922. The molecule has 4 nitrogen and oxygen atoms in total. The maximum absolute atomic E-state index is 12.0. The first kappa shape index (κ1) is 13.4. The highest BCUT2D eigenvalue weighted by Gasteiger charge is 2.19. The topological polar surface area (TPSA) is 44.4 Å². The minimum atomic E-state index is 0.0922. The van der Waals surface area contributed by atoms with E-state index in [1.54, 1.807) is 5.57 Å². The highest BCUT2D eigenvalue weighted by atomic mass is 16.2. The fraction of sp³-hybridized carbons (Fsp3) is 0.786. The molecule has 18 heavy (non-hydrogen) atoms. The molecule has 0 atom stereocenters. The van der Waals surface area contributed by atoms with Crippen molar-refractivity contribution in [1.29, 1.82) is 0 Å². The number of hydrogen-bond acceptors (Lipinski definition) is 2. The molecule has 1 heterocycles. The minimum absolute atomic E-state index is 0.0922. The lowest BCUT2D eigenvalue weighted by Crippen LogP contribution is -2.50. The molecule has 1 aliphatic heterocycles. The predicted octanol–water partition coefficient (Wildman–Crippen LogP) is 1.74. The Morgan fingerprint density at radius 2 is 2.00 bits per heavy atom. The fourth-order valence-corrected chi connectivity index (χ4v) is 2.56. The quantitative estimate of drug-likeness (QED) is 0.750. The van der Waals surface area contributed by atoms with E-state index < -0.39 is 0 Å². The number of carbonyl (C=O) groups is 1. The Morgan fingerprint density at radius 3 is 2.50 bits per heavy atom. The predicted molar refractivity (Wildman–Crippen MR) is 73.6 cm³/mol. The van der Waals surface area contributed by atoms with Crippen LogP contribution in [0.2, 0.25) is 0 Å². The first-order valence-corrected chi connectivity index (χ1v) is 7.12. The Kier molecular flexibility index (Phi) is 4.64. The van der Waals surface area contributed by atoms with Crippen molar-refractivity contribution in [3.05, 3.63) is 11.1 Å². The molecular formula is C14H25N3O. The summed E-state index contributed by atoms with van der Waals surface area (Å²) in [6.45, 7) is 8.63. The smallest absolute Gasteiger partial charge is 0.317 e.